The number of aryl methyl sites for hydroxylation is 1. The smallest absolute Gasteiger partial charge is 0.253 e. The molecule has 30 heavy (non-hydrogen) atoms. The summed E-state index contributed by atoms with van der Waals surface area (Å²) in [4.78, 5) is 20.9. The van der Waals surface area contributed by atoms with Crippen LogP contribution in [0.15, 0.2) is 55.1 Å². The van der Waals surface area contributed by atoms with E-state index >= 15 is 0 Å². The monoisotopic (exact) mass is 405 g/mol. The summed E-state index contributed by atoms with van der Waals surface area (Å²) >= 11 is 0. The van der Waals surface area contributed by atoms with Crippen LogP contribution in [0.2, 0.25) is 0 Å². The van der Waals surface area contributed by atoms with Gasteiger partial charge in [0.1, 0.15) is 35.0 Å². The van der Waals surface area contributed by atoms with Crippen molar-refractivity contribution in [2.24, 2.45) is 7.05 Å². The first-order chi connectivity index (χ1) is 14.4. The third-order valence-corrected chi connectivity index (χ3v) is 4.48. The van der Waals surface area contributed by atoms with Gasteiger partial charge in [-0.1, -0.05) is 17.3 Å². The Morgan fingerprint density at radius 3 is 2.63 bits per heavy atom. The molecule has 1 aromatic carbocycles. The summed E-state index contributed by atoms with van der Waals surface area (Å²) in [5, 5.41) is 11.0. The van der Waals surface area contributed by atoms with Crippen molar-refractivity contribution < 1.29 is 9.18 Å². The highest BCUT2D eigenvalue weighted by Gasteiger charge is 2.20. The maximum absolute atomic E-state index is 14.3. The SMILES string of the molecule is CC(C)NC(=O)c1ccc(-n2cnc(-c3c(-c4ccccc4F)nnn3C)c2)nc1. The summed E-state index contributed by atoms with van der Waals surface area (Å²) in [6.45, 7) is 3.80. The molecule has 0 saturated carbocycles. The second-order valence-electron chi connectivity index (χ2n) is 7.09. The van der Waals surface area contributed by atoms with Gasteiger partial charge in [0.2, 0.25) is 0 Å². The Morgan fingerprint density at radius 2 is 1.93 bits per heavy atom. The van der Waals surface area contributed by atoms with Gasteiger partial charge >= 0.3 is 0 Å². The van der Waals surface area contributed by atoms with E-state index in [2.05, 4.69) is 25.6 Å². The van der Waals surface area contributed by atoms with Gasteiger partial charge in [-0.3, -0.25) is 9.36 Å². The Balaban J connectivity index is 1.65. The van der Waals surface area contributed by atoms with Crippen LogP contribution in [-0.4, -0.2) is 41.5 Å². The molecule has 0 unspecified atom stereocenters. The van der Waals surface area contributed by atoms with Gasteiger partial charge in [0.25, 0.3) is 5.91 Å². The van der Waals surface area contributed by atoms with Gasteiger partial charge < -0.3 is 5.32 Å². The molecule has 0 radical (unpaired) electrons. The van der Waals surface area contributed by atoms with Crippen molar-refractivity contribution >= 4 is 5.91 Å². The highest BCUT2D eigenvalue weighted by Crippen LogP contribution is 2.30. The molecule has 9 heteroatoms. The maximum atomic E-state index is 14.3. The van der Waals surface area contributed by atoms with Gasteiger partial charge in [-0.2, -0.15) is 0 Å². The van der Waals surface area contributed by atoms with Crippen LogP contribution in [-0.2, 0) is 7.05 Å². The number of amides is 1. The first-order valence-corrected chi connectivity index (χ1v) is 9.40. The van der Waals surface area contributed by atoms with Crippen LogP contribution in [0.25, 0.3) is 28.5 Å². The minimum atomic E-state index is -0.379. The third kappa shape index (κ3) is 3.69. The second-order valence-corrected chi connectivity index (χ2v) is 7.09. The van der Waals surface area contributed by atoms with Gasteiger partial charge in [-0.15, -0.1) is 5.10 Å². The Kier molecular flexibility index (Phi) is 5.09. The number of carbonyl (C=O) groups is 1. The normalized spacial score (nSPS) is 11.1. The van der Waals surface area contributed by atoms with Crippen molar-refractivity contribution in [3.8, 4) is 28.5 Å². The first-order valence-electron chi connectivity index (χ1n) is 9.40. The standard InChI is InChI=1S/C21H20FN7O/c1-13(2)25-21(30)14-8-9-18(23-10-14)29-11-17(24-12-29)20-19(26-27-28(20)3)15-6-4-5-7-16(15)22/h4-13H,1-3H3,(H,25,30). The zero-order valence-corrected chi connectivity index (χ0v) is 16.7. The van der Waals surface area contributed by atoms with Crippen molar-refractivity contribution in [3.63, 3.8) is 0 Å². The molecule has 1 N–H and O–H groups in total. The number of benzene rings is 1. The molecule has 0 atom stereocenters. The molecule has 4 aromatic rings. The summed E-state index contributed by atoms with van der Waals surface area (Å²) in [6, 6.07) is 9.90. The molecule has 3 heterocycles. The largest absolute Gasteiger partial charge is 0.350 e. The highest BCUT2D eigenvalue weighted by molar-refractivity contribution is 5.94. The van der Waals surface area contributed by atoms with Crippen molar-refractivity contribution in [1.29, 1.82) is 0 Å². The Hall–Kier alpha value is -3.88. The topological polar surface area (TPSA) is 90.5 Å². The number of carbonyl (C=O) groups excluding carboxylic acids is 1. The van der Waals surface area contributed by atoms with E-state index in [-0.39, 0.29) is 17.8 Å². The molecule has 4 rings (SSSR count). The maximum Gasteiger partial charge on any atom is 0.253 e. The van der Waals surface area contributed by atoms with Gasteiger partial charge in [-0.25, -0.2) is 19.0 Å². The van der Waals surface area contributed by atoms with E-state index in [0.29, 0.717) is 34.0 Å². The number of aromatic nitrogens is 6. The molecule has 0 aliphatic rings. The number of nitrogens with zero attached hydrogens (tertiary/aromatic N) is 6. The van der Waals surface area contributed by atoms with Gasteiger partial charge in [-0.05, 0) is 38.1 Å². The Morgan fingerprint density at radius 1 is 1.13 bits per heavy atom. The van der Waals surface area contributed by atoms with Crippen LogP contribution < -0.4 is 5.32 Å². The average molecular weight is 405 g/mol. The van der Waals surface area contributed by atoms with Crippen molar-refractivity contribution in [2.45, 2.75) is 19.9 Å². The van der Waals surface area contributed by atoms with Crippen LogP contribution in [0, 0.1) is 5.82 Å². The number of rotatable bonds is 5. The van der Waals surface area contributed by atoms with Gasteiger partial charge in [0.05, 0.1) is 5.56 Å². The molecular formula is C21H20FN7O. The fourth-order valence-electron chi connectivity index (χ4n) is 3.07. The van der Waals surface area contributed by atoms with E-state index in [1.807, 2.05) is 13.8 Å². The van der Waals surface area contributed by atoms with Crippen LogP contribution in [0.5, 0.6) is 0 Å². The zero-order valence-electron chi connectivity index (χ0n) is 16.7. The Bertz CT molecular complexity index is 1190. The van der Waals surface area contributed by atoms with Crippen LogP contribution in [0.1, 0.15) is 24.2 Å². The molecule has 0 fully saturated rings. The quantitative estimate of drug-likeness (QED) is 0.551. The fraction of sp³-hybridized carbons (Fsp3) is 0.190. The van der Waals surface area contributed by atoms with E-state index in [1.54, 1.807) is 59.2 Å². The summed E-state index contributed by atoms with van der Waals surface area (Å²) in [7, 11) is 1.73. The van der Waals surface area contributed by atoms with E-state index in [1.165, 1.54) is 12.3 Å². The van der Waals surface area contributed by atoms with Gasteiger partial charge in [0, 0.05) is 31.0 Å². The molecule has 3 aromatic heterocycles. The zero-order chi connectivity index (χ0) is 21.3. The molecule has 0 aliphatic heterocycles. The van der Waals surface area contributed by atoms with Crippen LogP contribution in [0.3, 0.4) is 0 Å². The molecule has 0 saturated heterocycles. The summed E-state index contributed by atoms with van der Waals surface area (Å²) in [6.07, 6.45) is 4.88. The lowest BCUT2D eigenvalue weighted by Gasteiger charge is -2.08. The molecule has 1 amide bonds. The van der Waals surface area contributed by atoms with Crippen LogP contribution >= 0.6 is 0 Å². The number of halogens is 1. The van der Waals surface area contributed by atoms with E-state index in [9.17, 15) is 9.18 Å². The second kappa shape index (κ2) is 7.86. The predicted octanol–water partition coefficient (Wildman–Crippen LogP) is 3.01. The number of imidazole rings is 1. The van der Waals surface area contributed by atoms with Crippen molar-refractivity contribution in [3.05, 3.63) is 66.5 Å². The lowest BCUT2D eigenvalue weighted by molar-refractivity contribution is 0.0943. The summed E-state index contributed by atoms with van der Waals surface area (Å²) in [5.74, 6) is 0.0406. The van der Waals surface area contributed by atoms with Crippen molar-refractivity contribution in [1.82, 2.24) is 34.8 Å². The minimum Gasteiger partial charge on any atom is -0.350 e. The van der Waals surface area contributed by atoms with E-state index in [0.717, 1.165) is 0 Å². The van der Waals surface area contributed by atoms with E-state index < -0.39 is 0 Å². The highest BCUT2D eigenvalue weighted by atomic mass is 19.1. The van der Waals surface area contributed by atoms with Crippen molar-refractivity contribution in [2.75, 3.05) is 0 Å². The van der Waals surface area contributed by atoms with E-state index in [4.69, 9.17) is 0 Å². The molecule has 0 bridgehead atoms. The first kappa shape index (κ1) is 19.4. The minimum absolute atomic E-state index is 0.0459. The fourth-order valence-corrected chi connectivity index (χ4v) is 3.07. The van der Waals surface area contributed by atoms with Gasteiger partial charge in [0.15, 0.2) is 0 Å². The lowest BCUT2D eigenvalue weighted by Crippen LogP contribution is -2.30. The number of hydrogen-bond acceptors (Lipinski definition) is 5. The molecule has 152 valence electrons. The number of nitrogens with one attached hydrogen (secondary N) is 1. The molecule has 0 spiro atoms. The lowest BCUT2D eigenvalue weighted by atomic mass is 10.1. The Labute approximate surface area is 172 Å². The number of pyridine rings is 1. The van der Waals surface area contributed by atoms with Crippen LogP contribution in [0.4, 0.5) is 4.39 Å². The average Bonchev–Trinajstić information content (AvgIpc) is 3.34. The molecule has 0 aliphatic carbocycles. The molecule has 8 nitrogen and oxygen atoms in total. The summed E-state index contributed by atoms with van der Waals surface area (Å²) < 4.78 is 17.6. The number of hydrogen-bond donors (Lipinski definition) is 1. The predicted molar refractivity (Wildman–Crippen MR) is 109 cm³/mol. The molecular weight excluding hydrogens is 385 g/mol. The third-order valence-electron chi connectivity index (χ3n) is 4.48. The summed E-state index contributed by atoms with van der Waals surface area (Å²) in [5.41, 5.74) is 2.41.